The molecule has 2 aromatic carbocycles. The molecule has 0 radical (unpaired) electrons. The lowest BCUT2D eigenvalue weighted by molar-refractivity contribution is 0.0600. The van der Waals surface area contributed by atoms with Crippen LogP contribution in [0.2, 0.25) is 0 Å². The Labute approximate surface area is 181 Å². The fourth-order valence-electron chi connectivity index (χ4n) is 2.96. The second-order valence-corrected chi connectivity index (χ2v) is 10.8. The Bertz CT molecular complexity index is 1310. The summed E-state index contributed by atoms with van der Waals surface area (Å²) < 4.78 is 57.9. The van der Waals surface area contributed by atoms with Crippen LogP contribution in [0.25, 0.3) is 0 Å². The first-order valence-electron chi connectivity index (χ1n) is 9.32. The first-order valence-corrected chi connectivity index (χ1v) is 12.3. The number of aromatic nitrogens is 1. The van der Waals surface area contributed by atoms with Gasteiger partial charge in [-0.25, -0.2) is 26.6 Å². The molecule has 0 spiro atoms. The SMILES string of the molecule is COC(=O)c1ccc(S(=O)(=O)c2ccc(C(C)C)cc2)c(S(=O)(=O)c2ccccn2)c1. The third-order valence-corrected chi connectivity index (χ3v) is 8.38. The van der Waals surface area contributed by atoms with Gasteiger partial charge in [0, 0.05) is 6.20 Å². The van der Waals surface area contributed by atoms with Crippen LogP contribution in [-0.2, 0) is 24.4 Å². The molecule has 0 saturated carbocycles. The van der Waals surface area contributed by atoms with Crippen molar-refractivity contribution in [1.29, 1.82) is 0 Å². The average molecular weight is 460 g/mol. The van der Waals surface area contributed by atoms with Crippen LogP contribution in [0.5, 0.6) is 0 Å². The first kappa shape index (κ1) is 22.6. The third-order valence-electron chi connectivity index (χ3n) is 4.71. The summed E-state index contributed by atoms with van der Waals surface area (Å²) in [6.45, 7) is 3.96. The summed E-state index contributed by atoms with van der Waals surface area (Å²) in [5, 5.41) is -0.330. The summed E-state index contributed by atoms with van der Waals surface area (Å²) in [6, 6.07) is 13.9. The normalized spacial score (nSPS) is 12.0. The second kappa shape index (κ2) is 8.60. The molecule has 0 aliphatic heterocycles. The lowest BCUT2D eigenvalue weighted by Crippen LogP contribution is -2.14. The Morgan fingerprint density at radius 2 is 1.55 bits per heavy atom. The maximum absolute atomic E-state index is 13.4. The zero-order valence-corrected chi connectivity index (χ0v) is 18.8. The summed E-state index contributed by atoms with van der Waals surface area (Å²) >= 11 is 0. The number of carbonyl (C=O) groups is 1. The Kier molecular flexibility index (Phi) is 6.28. The Hall–Kier alpha value is -3.04. The van der Waals surface area contributed by atoms with Gasteiger partial charge < -0.3 is 4.74 Å². The summed E-state index contributed by atoms with van der Waals surface area (Å²) in [5.74, 6) is -0.584. The molecule has 0 amide bonds. The van der Waals surface area contributed by atoms with E-state index in [0.717, 1.165) is 24.8 Å². The van der Waals surface area contributed by atoms with E-state index in [1.54, 1.807) is 12.1 Å². The highest BCUT2D eigenvalue weighted by atomic mass is 32.2. The van der Waals surface area contributed by atoms with E-state index in [1.807, 2.05) is 13.8 Å². The summed E-state index contributed by atoms with van der Waals surface area (Å²) in [4.78, 5) is 14.8. The van der Waals surface area contributed by atoms with Crippen LogP contribution in [0.15, 0.2) is 86.6 Å². The smallest absolute Gasteiger partial charge is 0.337 e. The summed E-state index contributed by atoms with van der Waals surface area (Å²) in [5.41, 5.74) is 0.854. The number of hydrogen-bond acceptors (Lipinski definition) is 7. The molecule has 0 saturated heterocycles. The van der Waals surface area contributed by atoms with E-state index in [9.17, 15) is 21.6 Å². The molecular weight excluding hydrogens is 438 g/mol. The molecule has 3 rings (SSSR count). The van der Waals surface area contributed by atoms with E-state index in [1.165, 1.54) is 42.6 Å². The molecular formula is C22H21NO6S2. The molecule has 0 N–H and O–H groups in total. The highest BCUT2D eigenvalue weighted by Gasteiger charge is 2.31. The van der Waals surface area contributed by atoms with Crippen molar-refractivity contribution < 1.29 is 26.4 Å². The largest absolute Gasteiger partial charge is 0.465 e. The highest BCUT2D eigenvalue weighted by Crippen LogP contribution is 2.32. The minimum atomic E-state index is -4.34. The standard InChI is InChI=1S/C22H21NO6S2/c1-15(2)16-7-10-18(11-8-16)30(25,26)19-12-9-17(22(24)29-3)14-20(19)31(27,28)21-6-4-5-13-23-21/h4-15H,1-3H3. The van der Waals surface area contributed by atoms with E-state index in [2.05, 4.69) is 9.72 Å². The number of nitrogens with zero attached hydrogens (tertiary/aromatic N) is 1. The number of rotatable bonds is 6. The van der Waals surface area contributed by atoms with Crippen molar-refractivity contribution in [2.75, 3.05) is 7.11 Å². The van der Waals surface area contributed by atoms with Gasteiger partial charge in [0.05, 0.1) is 27.4 Å². The van der Waals surface area contributed by atoms with Crippen molar-refractivity contribution in [2.24, 2.45) is 0 Å². The van der Waals surface area contributed by atoms with Crippen molar-refractivity contribution in [2.45, 2.75) is 39.5 Å². The maximum Gasteiger partial charge on any atom is 0.337 e. The van der Waals surface area contributed by atoms with Crippen molar-refractivity contribution >= 4 is 25.6 Å². The number of esters is 1. The monoisotopic (exact) mass is 459 g/mol. The van der Waals surface area contributed by atoms with Crippen molar-refractivity contribution in [3.63, 3.8) is 0 Å². The average Bonchev–Trinajstić information content (AvgIpc) is 2.78. The molecule has 162 valence electrons. The third kappa shape index (κ3) is 4.38. The molecule has 0 atom stereocenters. The van der Waals surface area contributed by atoms with Crippen molar-refractivity contribution in [3.05, 3.63) is 78.0 Å². The topological polar surface area (TPSA) is 107 Å². The molecule has 0 unspecified atom stereocenters. The lowest BCUT2D eigenvalue weighted by Gasteiger charge is -2.13. The van der Waals surface area contributed by atoms with E-state index in [-0.39, 0.29) is 21.4 Å². The Balaban J connectivity index is 2.26. The molecule has 0 fully saturated rings. The summed E-state index contributed by atoms with van der Waals surface area (Å²) in [6.07, 6.45) is 1.29. The minimum absolute atomic E-state index is 0.0554. The predicted octanol–water partition coefficient (Wildman–Crippen LogP) is 3.66. The fourth-order valence-corrected chi connectivity index (χ4v) is 6.24. The number of pyridine rings is 1. The lowest BCUT2D eigenvalue weighted by atomic mass is 10.0. The predicted molar refractivity (Wildman–Crippen MR) is 113 cm³/mol. The number of hydrogen-bond donors (Lipinski definition) is 0. The molecule has 1 aromatic heterocycles. The van der Waals surface area contributed by atoms with Crippen LogP contribution in [-0.4, -0.2) is 34.9 Å². The quantitative estimate of drug-likeness (QED) is 0.518. The second-order valence-electron chi connectivity index (χ2n) is 7.05. The van der Waals surface area contributed by atoms with Gasteiger partial charge in [-0.1, -0.05) is 32.0 Å². The van der Waals surface area contributed by atoms with Crippen LogP contribution in [0.4, 0.5) is 0 Å². The van der Waals surface area contributed by atoms with E-state index in [4.69, 9.17) is 0 Å². The van der Waals surface area contributed by atoms with Gasteiger partial charge in [0.15, 0.2) is 5.03 Å². The van der Waals surface area contributed by atoms with E-state index in [0.29, 0.717) is 0 Å². The van der Waals surface area contributed by atoms with Gasteiger partial charge in [-0.3, -0.25) is 0 Å². The Morgan fingerprint density at radius 3 is 2.10 bits per heavy atom. The molecule has 0 aliphatic rings. The van der Waals surface area contributed by atoms with Gasteiger partial charge in [0.2, 0.25) is 19.7 Å². The number of benzene rings is 2. The molecule has 0 aliphatic carbocycles. The zero-order valence-electron chi connectivity index (χ0n) is 17.1. The molecule has 9 heteroatoms. The molecule has 3 aromatic rings. The van der Waals surface area contributed by atoms with E-state index < -0.39 is 35.4 Å². The number of methoxy groups -OCH3 is 1. The molecule has 7 nitrogen and oxygen atoms in total. The molecule has 0 bridgehead atoms. The number of sulfone groups is 2. The maximum atomic E-state index is 13.4. The number of carbonyl (C=O) groups excluding carboxylic acids is 1. The van der Waals surface area contributed by atoms with Gasteiger partial charge in [-0.2, -0.15) is 0 Å². The minimum Gasteiger partial charge on any atom is -0.465 e. The van der Waals surface area contributed by atoms with Gasteiger partial charge in [-0.05, 0) is 53.9 Å². The van der Waals surface area contributed by atoms with Gasteiger partial charge in [0.25, 0.3) is 0 Å². The van der Waals surface area contributed by atoms with Crippen LogP contribution < -0.4 is 0 Å². The van der Waals surface area contributed by atoms with Crippen molar-refractivity contribution in [1.82, 2.24) is 4.98 Å². The number of ether oxygens (including phenoxy) is 1. The highest BCUT2D eigenvalue weighted by molar-refractivity contribution is 7.94. The van der Waals surface area contributed by atoms with Crippen molar-refractivity contribution in [3.8, 4) is 0 Å². The van der Waals surface area contributed by atoms with Gasteiger partial charge in [-0.15, -0.1) is 0 Å². The fraction of sp³-hybridized carbons (Fsp3) is 0.182. The van der Waals surface area contributed by atoms with Gasteiger partial charge in [0.1, 0.15) is 0 Å². The zero-order chi connectivity index (χ0) is 22.8. The molecule has 1 heterocycles. The first-order chi connectivity index (χ1) is 14.6. The van der Waals surface area contributed by atoms with Crippen LogP contribution in [0.3, 0.4) is 0 Å². The van der Waals surface area contributed by atoms with Crippen LogP contribution in [0, 0.1) is 0 Å². The Morgan fingerprint density at radius 1 is 0.871 bits per heavy atom. The van der Waals surface area contributed by atoms with Crippen LogP contribution in [0.1, 0.15) is 35.7 Å². The molecule has 31 heavy (non-hydrogen) atoms. The van der Waals surface area contributed by atoms with E-state index >= 15 is 0 Å². The summed E-state index contributed by atoms with van der Waals surface area (Å²) in [7, 11) is -7.41. The van der Waals surface area contributed by atoms with Crippen LogP contribution >= 0.6 is 0 Å². The van der Waals surface area contributed by atoms with Gasteiger partial charge >= 0.3 is 5.97 Å².